The lowest BCUT2D eigenvalue weighted by Gasteiger charge is -2.36. The molecule has 1 fully saturated rings. The molecule has 6 heteroatoms. The summed E-state index contributed by atoms with van der Waals surface area (Å²) >= 11 is 0. The smallest absolute Gasteiger partial charge is 0.246 e. The van der Waals surface area contributed by atoms with E-state index in [0.717, 1.165) is 0 Å². The summed E-state index contributed by atoms with van der Waals surface area (Å²) in [5.41, 5.74) is -1.12. The van der Waals surface area contributed by atoms with E-state index < -0.39 is 29.0 Å². The van der Waals surface area contributed by atoms with Crippen molar-refractivity contribution in [2.24, 2.45) is 10.8 Å². The molecule has 1 heterocycles. The Bertz CT molecular complexity index is 488. The number of Topliss-reactive ketones (excluding diaryl/α,β-unsaturated/α-hetero) is 1. The highest BCUT2D eigenvalue weighted by Crippen LogP contribution is 2.27. The van der Waals surface area contributed by atoms with Gasteiger partial charge in [0.2, 0.25) is 11.8 Å². The number of hydrogen-bond acceptors (Lipinski definition) is 4. The summed E-state index contributed by atoms with van der Waals surface area (Å²) in [4.78, 5) is 38.5. The first kappa shape index (κ1) is 19.6. The van der Waals surface area contributed by atoms with Crippen molar-refractivity contribution in [3.05, 3.63) is 0 Å². The lowest BCUT2D eigenvalue weighted by Crippen LogP contribution is -2.58. The molecule has 1 saturated heterocycles. The van der Waals surface area contributed by atoms with Crippen molar-refractivity contribution in [2.75, 3.05) is 6.54 Å². The van der Waals surface area contributed by atoms with Gasteiger partial charge in [-0.15, -0.1) is 0 Å². The summed E-state index contributed by atoms with van der Waals surface area (Å²) in [6.07, 6.45) is -0.447. The van der Waals surface area contributed by atoms with Crippen molar-refractivity contribution in [3.63, 3.8) is 0 Å². The molecule has 1 rings (SSSR count). The fourth-order valence-corrected chi connectivity index (χ4v) is 2.60. The number of carbonyl (C=O) groups is 3. The van der Waals surface area contributed by atoms with Crippen LogP contribution in [0.2, 0.25) is 0 Å². The minimum Gasteiger partial charge on any atom is -0.391 e. The number of rotatable bonds is 3. The van der Waals surface area contributed by atoms with Crippen LogP contribution in [0.5, 0.6) is 0 Å². The summed E-state index contributed by atoms with van der Waals surface area (Å²) in [6.45, 7) is 12.5. The second kappa shape index (κ2) is 6.59. The van der Waals surface area contributed by atoms with E-state index in [-0.39, 0.29) is 30.6 Å². The van der Waals surface area contributed by atoms with Crippen molar-refractivity contribution in [1.82, 2.24) is 10.2 Å². The topological polar surface area (TPSA) is 86.7 Å². The lowest BCUT2D eigenvalue weighted by atomic mass is 9.84. The van der Waals surface area contributed by atoms with Crippen LogP contribution in [0.3, 0.4) is 0 Å². The number of likely N-dealkylation sites (tertiary alicyclic amines) is 1. The van der Waals surface area contributed by atoms with Crippen LogP contribution in [0.25, 0.3) is 0 Å². The summed E-state index contributed by atoms with van der Waals surface area (Å²) in [6, 6.07) is -1.37. The molecule has 23 heavy (non-hydrogen) atoms. The van der Waals surface area contributed by atoms with Crippen LogP contribution in [0, 0.1) is 10.8 Å². The molecule has 0 bridgehead atoms. The number of β-amino-alcohol motifs (C(OH)–C–C–N with tert-alkyl or cyclic N) is 1. The quantitative estimate of drug-likeness (QED) is 0.813. The maximum absolute atomic E-state index is 13.0. The van der Waals surface area contributed by atoms with Crippen molar-refractivity contribution in [3.8, 4) is 0 Å². The highest BCUT2D eigenvalue weighted by Gasteiger charge is 2.44. The van der Waals surface area contributed by atoms with E-state index in [1.54, 1.807) is 20.8 Å². The van der Waals surface area contributed by atoms with Crippen molar-refractivity contribution >= 4 is 17.6 Å². The molecule has 1 aliphatic heterocycles. The SMILES string of the molecule is CC(=O)C1CC(O)CN1C(=O)C(NC(=O)C(C)(C)C)C(C)(C)C. The molecule has 0 aliphatic carbocycles. The maximum atomic E-state index is 13.0. The highest BCUT2D eigenvalue weighted by molar-refractivity contribution is 5.93. The van der Waals surface area contributed by atoms with Gasteiger partial charge in [-0.3, -0.25) is 14.4 Å². The predicted molar refractivity (Wildman–Crippen MR) is 87.6 cm³/mol. The summed E-state index contributed by atoms with van der Waals surface area (Å²) < 4.78 is 0. The molecule has 0 aromatic rings. The standard InChI is InChI=1S/C17H30N2O4/c1-10(20)12-8-11(21)9-19(12)14(22)13(16(2,3)4)18-15(23)17(5,6)7/h11-13,21H,8-9H2,1-7H3,(H,18,23). The number of aliphatic hydroxyl groups is 1. The molecule has 3 atom stereocenters. The molecule has 0 aromatic heterocycles. The molecular weight excluding hydrogens is 296 g/mol. The van der Waals surface area contributed by atoms with Gasteiger partial charge in [-0.2, -0.15) is 0 Å². The molecule has 2 N–H and O–H groups in total. The van der Waals surface area contributed by atoms with Gasteiger partial charge in [0.15, 0.2) is 5.78 Å². The molecular formula is C17H30N2O4. The van der Waals surface area contributed by atoms with Gasteiger partial charge in [0, 0.05) is 18.4 Å². The van der Waals surface area contributed by atoms with Crippen LogP contribution in [0.1, 0.15) is 54.9 Å². The Morgan fingerprint density at radius 3 is 2.04 bits per heavy atom. The van der Waals surface area contributed by atoms with Crippen molar-refractivity contribution in [1.29, 1.82) is 0 Å². The predicted octanol–water partition coefficient (Wildman–Crippen LogP) is 1.11. The zero-order chi connectivity index (χ0) is 18.2. The van der Waals surface area contributed by atoms with Gasteiger partial charge < -0.3 is 15.3 Å². The lowest BCUT2D eigenvalue weighted by molar-refractivity contribution is -0.144. The number of aliphatic hydroxyl groups excluding tert-OH is 1. The summed E-state index contributed by atoms with van der Waals surface area (Å²) in [5, 5.41) is 12.7. The molecule has 6 nitrogen and oxygen atoms in total. The summed E-state index contributed by atoms with van der Waals surface area (Å²) in [7, 11) is 0. The van der Waals surface area contributed by atoms with Gasteiger partial charge in [-0.05, 0) is 12.3 Å². The van der Waals surface area contributed by atoms with E-state index in [1.165, 1.54) is 11.8 Å². The van der Waals surface area contributed by atoms with E-state index in [1.807, 2.05) is 20.8 Å². The molecule has 132 valence electrons. The van der Waals surface area contributed by atoms with Gasteiger partial charge in [-0.25, -0.2) is 0 Å². The third-order valence-electron chi connectivity index (χ3n) is 4.10. The number of amides is 2. The maximum Gasteiger partial charge on any atom is 0.246 e. The van der Waals surface area contributed by atoms with Crippen LogP contribution in [-0.2, 0) is 14.4 Å². The van der Waals surface area contributed by atoms with Crippen molar-refractivity contribution < 1.29 is 19.5 Å². The monoisotopic (exact) mass is 326 g/mol. The molecule has 0 aromatic carbocycles. The largest absolute Gasteiger partial charge is 0.391 e. The average Bonchev–Trinajstić information content (AvgIpc) is 2.74. The van der Waals surface area contributed by atoms with E-state index in [9.17, 15) is 19.5 Å². The molecule has 0 radical (unpaired) electrons. The Kier molecular flexibility index (Phi) is 5.62. The van der Waals surface area contributed by atoms with Gasteiger partial charge in [0.05, 0.1) is 12.1 Å². The fraction of sp³-hybridized carbons (Fsp3) is 0.824. The van der Waals surface area contributed by atoms with E-state index in [2.05, 4.69) is 5.32 Å². The number of ketones is 1. The first-order valence-electron chi connectivity index (χ1n) is 8.05. The van der Waals surface area contributed by atoms with Crippen LogP contribution in [0.4, 0.5) is 0 Å². The van der Waals surface area contributed by atoms with Crippen LogP contribution in [0.15, 0.2) is 0 Å². The van der Waals surface area contributed by atoms with E-state index >= 15 is 0 Å². The first-order valence-corrected chi connectivity index (χ1v) is 8.05. The molecule has 3 unspecified atom stereocenters. The zero-order valence-electron chi connectivity index (χ0n) is 15.3. The van der Waals surface area contributed by atoms with Crippen LogP contribution >= 0.6 is 0 Å². The fourth-order valence-electron chi connectivity index (χ4n) is 2.60. The third kappa shape index (κ3) is 4.77. The Morgan fingerprint density at radius 1 is 1.13 bits per heavy atom. The zero-order valence-corrected chi connectivity index (χ0v) is 15.3. The van der Waals surface area contributed by atoms with Crippen LogP contribution in [-0.4, -0.2) is 52.3 Å². The molecule has 1 aliphatic rings. The van der Waals surface area contributed by atoms with Gasteiger partial charge in [0.25, 0.3) is 0 Å². The first-order chi connectivity index (χ1) is 10.2. The highest BCUT2D eigenvalue weighted by atomic mass is 16.3. The Balaban J connectivity index is 3.06. The third-order valence-corrected chi connectivity index (χ3v) is 4.10. The normalized spacial score (nSPS) is 23.6. The number of hydrogen-bond donors (Lipinski definition) is 2. The minimum absolute atomic E-state index is 0.126. The molecule has 0 saturated carbocycles. The van der Waals surface area contributed by atoms with E-state index in [4.69, 9.17) is 0 Å². The Hall–Kier alpha value is -1.43. The number of nitrogens with one attached hydrogen (secondary N) is 1. The molecule has 0 spiro atoms. The Morgan fingerprint density at radius 2 is 1.65 bits per heavy atom. The minimum atomic E-state index is -0.749. The van der Waals surface area contributed by atoms with Crippen molar-refractivity contribution in [2.45, 2.75) is 73.1 Å². The number of nitrogens with zero attached hydrogens (tertiary/aromatic N) is 1. The van der Waals surface area contributed by atoms with Gasteiger partial charge in [0.1, 0.15) is 6.04 Å². The molecule has 2 amide bonds. The average molecular weight is 326 g/mol. The second-order valence-corrected chi connectivity index (χ2v) is 8.53. The summed E-state index contributed by atoms with van der Waals surface area (Å²) in [5.74, 6) is -0.679. The van der Waals surface area contributed by atoms with Gasteiger partial charge in [-0.1, -0.05) is 41.5 Å². The van der Waals surface area contributed by atoms with E-state index in [0.29, 0.717) is 0 Å². The second-order valence-electron chi connectivity index (χ2n) is 8.53. The van der Waals surface area contributed by atoms with Gasteiger partial charge >= 0.3 is 0 Å². The number of carbonyl (C=O) groups excluding carboxylic acids is 3. The van der Waals surface area contributed by atoms with Crippen LogP contribution < -0.4 is 5.32 Å². The Labute approximate surface area is 138 Å².